The molecule has 0 saturated carbocycles. The Morgan fingerprint density at radius 3 is 2.60 bits per heavy atom. The van der Waals surface area contributed by atoms with Gasteiger partial charge in [-0.1, -0.05) is 6.92 Å². The zero-order chi connectivity index (χ0) is 7.40. The lowest BCUT2D eigenvalue weighted by molar-refractivity contribution is 0.224. The first-order valence-corrected chi connectivity index (χ1v) is 4.05. The first-order chi connectivity index (χ1) is 4.79. The molecule has 2 nitrogen and oxygen atoms in total. The van der Waals surface area contributed by atoms with E-state index in [0.29, 0.717) is 5.92 Å². The molecular weight excluding hydrogens is 124 g/mol. The number of nitrogens with one attached hydrogen (secondary N) is 1. The molecule has 1 aliphatic rings. The topological polar surface area (TPSA) is 15.3 Å². The highest BCUT2D eigenvalue weighted by atomic mass is 15.2. The molecule has 1 fully saturated rings. The van der Waals surface area contributed by atoms with Crippen LogP contribution in [0.2, 0.25) is 0 Å². The molecule has 0 aromatic heterocycles. The SMILES string of the molecule is [CH2]C(C)CN1CCNCC1. The molecule has 1 radical (unpaired) electrons. The third-order valence-corrected chi connectivity index (χ3v) is 1.78. The molecule has 0 amide bonds. The van der Waals surface area contributed by atoms with Gasteiger partial charge in [0.05, 0.1) is 0 Å². The molecule has 59 valence electrons. The average molecular weight is 141 g/mol. The van der Waals surface area contributed by atoms with E-state index in [9.17, 15) is 0 Å². The molecule has 1 atom stereocenters. The molecule has 1 unspecified atom stereocenters. The Morgan fingerprint density at radius 1 is 1.50 bits per heavy atom. The van der Waals surface area contributed by atoms with E-state index >= 15 is 0 Å². The summed E-state index contributed by atoms with van der Waals surface area (Å²) in [6.07, 6.45) is 0. The summed E-state index contributed by atoms with van der Waals surface area (Å²) in [7, 11) is 0. The Hall–Kier alpha value is -0.0800. The second-order valence-electron chi connectivity index (χ2n) is 3.16. The van der Waals surface area contributed by atoms with Crippen LogP contribution in [0.1, 0.15) is 6.92 Å². The zero-order valence-electron chi connectivity index (χ0n) is 6.77. The molecule has 2 heteroatoms. The summed E-state index contributed by atoms with van der Waals surface area (Å²) < 4.78 is 0. The van der Waals surface area contributed by atoms with Crippen LogP contribution >= 0.6 is 0 Å². The average Bonchev–Trinajstić information content (AvgIpc) is 1.88. The van der Waals surface area contributed by atoms with Gasteiger partial charge in [-0.3, -0.25) is 0 Å². The van der Waals surface area contributed by atoms with Crippen LogP contribution in [-0.2, 0) is 0 Å². The van der Waals surface area contributed by atoms with Crippen LogP contribution in [0.15, 0.2) is 0 Å². The van der Waals surface area contributed by atoms with Crippen LogP contribution in [0.4, 0.5) is 0 Å². The third kappa shape index (κ3) is 2.67. The lowest BCUT2D eigenvalue weighted by Gasteiger charge is -2.28. The minimum Gasteiger partial charge on any atom is -0.314 e. The molecule has 10 heavy (non-hydrogen) atoms. The molecule has 1 aliphatic heterocycles. The fraction of sp³-hybridized carbons (Fsp3) is 0.875. The van der Waals surface area contributed by atoms with Gasteiger partial charge >= 0.3 is 0 Å². The quantitative estimate of drug-likeness (QED) is 0.597. The molecule has 0 aromatic rings. The van der Waals surface area contributed by atoms with Crippen molar-refractivity contribution in [3.8, 4) is 0 Å². The van der Waals surface area contributed by atoms with Crippen molar-refractivity contribution in [1.29, 1.82) is 0 Å². The maximum Gasteiger partial charge on any atom is 0.0107 e. The second-order valence-corrected chi connectivity index (χ2v) is 3.16. The van der Waals surface area contributed by atoms with E-state index in [4.69, 9.17) is 0 Å². The zero-order valence-corrected chi connectivity index (χ0v) is 6.77. The van der Waals surface area contributed by atoms with Gasteiger partial charge in [0.15, 0.2) is 0 Å². The molecule has 0 spiro atoms. The predicted molar refractivity (Wildman–Crippen MR) is 43.8 cm³/mol. The summed E-state index contributed by atoms with van der Waals surface area (Å²) in [5.41, 5.74) is 0. The minimum atomic E-state index is 0.568. The highest BCUT2D eigenvalue weighted by Gasteiger charge is 2.09. The normalized spacial score (nSPS) is 21.9. The lowest BCUT2D eigenvalue weighted by Crippen LogP contribution is -2.44. The Kier molecular flexibility index (Phi) is 3.16. The molecule has 0 aliphatic carbocycles. The number of hydrogen-bond acceptors (Lipinski definition) is 2. The molecule has 1 saturated heterocycles. The van der Waals surface area contributed by atoms with Crippen molar-refractivity contribution < 1.29 is 0 Å². The van der Waals surface area contributed by atoms with E-state index in [0.717, 1.165) is 19.6 Å². The molecule has 1 rings (SSSR count). The van der Waals surface area contributed by atoms with Crippen molar-refractivity contribution >= 4 is 0 Å². The van der Waals surface area contributed by atoms with Crippen molar-refractivity contribution in [3.05, 3.63) is 6.92 Å². The summed E-state index contributed by atoms with van der Waals surface area (Å²) in [4.78, 5) is 2.47. The highest BCUT2D eigenvalue weighted by Crippen LogP contribution is 1.98. The summed E-state index contributed by atoms with van der Waals surface area (Å²) in [6.45, 7) is 12.0. The van der Waals surface area contributed by atoms with Gasteiger partial charge in [0.25, 0.3) is 0 Å². The summed E-state index contributed by atoms with van der Waals surface area (Å²) in [5.74, 6) is 0.568. The van der Waals surface area contributed by atoms with E-state index < -0.39 is 0 Å². The molecule has 1 N–H and O–H groups in total. The Morgan fingerprint density at radius 2 is 2.10 bits per heavy atom. The lowest BCUT2D eigenvalue weighted by atomic mass is 10.2. The van der Waals surface area contributed by atoms with Crippen molar-refractivity contribution in [3.63, 3.8) is 0 Å². The van der Waals surface area contributed by atoms with Crippen molar-refractivity contribution in [2.75, 3.05) is 32.7 Å². The Labute approximate surface area is 63.6 Å². The van der Waals surface area contributed by atoms with Crippen LogP contribution in [-0.4, -0.2) is 37.6 Å². The highest BCUT2D eigenvalue weighted by molar-refractivity contribution is 4.70. The van der Waals surface area contributed by atoms with Crippen molar-refractivity contribution in [2.45, 2.75) is 6.92 Å². The molecule has 1 heterocycles. The molecule has 0 aromatic carbocycles. The summed E-state index contributed by atoms with van der Waals surface area (Å²) >= 11 is 0. The Balaban J connectivity index is 2.13. The smallest absolute Gasteiger partial charge is 0.0107 e. The van der Waals surface area contributed by atoms with Crippen LogP contribution < -0.4 is 5.32 Å². The largest absolute Gasteiger partial charge is 0.314 e. The summed E-state index contributed by atoms with van der Waals surface area (Å²) in [6, 6.07) is 0. The van der Waals surface area contributed by atoms with Gasteiger partial charge < -0.3 is 10.2 Å². The number of piperazine rings is 1. The number of nitrogens with zero attached hydrogens (tertiary/aromatic N) is 1. The number of hydrogen-bond donors (Lipinski definition) is 1. The van der Waals surface area contributed by atoms with Crippen LogP contribution in [0.3, 0.4) is 0 Å². The van der Waals surface area contributed by atoms with Gasteiger partial charge in [0.2, 0.25) is 0 Å². The van der Waals surface area contributed by atoms with Gasteiger partial charge in [0, 0.05) is 32.7 Å². The van der Waals surface area contributed by atoms with Gasteiger partial charge in [-0.2, -0.15) is 0 Å². The van der Waals surface area contributed by atoms with Gasteiger partial charge in [-0.05, 0) is 12.8 Å². The maximum atomic E-state index is 3.97. The first-order valence-electron chi connectivity index (χ1n) is 4.05. The third-order valence-electron chi connectivity index (χ3n) is 1.78. The fourth-order valence-corrected chi connectivity index (χ4v) is 1.33. The van der Waals surface area contributed by atoms with Gasteiger partial charge in [-0.25, -0.2) is 0 Å². The number of rotatable bonds is 2. The van der Waals surface area contributed by atoms with E-state index in [1.54, 1.807) is 0 Å². The van der Waals surface area contributed by atoms with Gasteiger partial charge in [-0.15, -0.1) is 0 Å². The Bertz CT molecular complexity index is 85.3. The fourth-order valence-electron chi connectivity index (χ4n) is 1.33. The van der Waals surface area contributed by atoms with E-state index in [2.05, 4.69) is 24.1 Å². The maximum absolute atomic E-state index is 3.97. The van der Waals surface area contributed by atoms with Gasteiger partial charge in [0.1, 0.15) is 0 Å². The molecule has 0 bridgehead atoms. The van der Waals surface area contributed by atoms with E-state index in [1.165, 1.54) is 13.1 Å². The van der Waals surface area contributed by atoms with Crippen LogP contribution in [0.5, 0.6) is 0 Å². The van der Waals surface area contributed by atoms with E-state index in [-0.39, 0.29) is 0 Å². The van der Waals surface area contributed by atoms with Crippen molar-refractivity contribution in [1.82, 2.24) is 10.2 Å². The van der Waals surface area contributed by atoms with E-state index in [1.807, 2.05) is 0 Å². The first kappa shape index (κ1) is 8.02. The predicted octanol–water partition coefficient (Wildman–Crippen LogP) is 0.362. The van der Waals surface area contributed by atoms with Crippen molar-refractivity contribution in [2.24, 2.45) is 5.92 Å². The standard InChI is InChI=1S/C8H17N2/c1-8(2)7-10-5-3-9-4-6-10/h8-9H,1,3-7H2,2H3. The minimum absolute atomic E-state index is 0.568. The second kappa shape index (κ2) is 3.94. The molecular formula is C8H17N2. The monoisotopic (exact) mass is 141 g/mol. The summed E-state index contributed by atoms with van der Waals surface area (Å²) in [5, 5.41) is 3.33. The van der Waals surface area contributed by atoms with Crippen LogP contribution in [0, 0.1) is 12.8 Å². The van der Waals surface area contributed by atoms with Crippen LogP contribution in [0.25, 0.3) is 0 Å².